The van der Waals surface area contributed by atoms with Crippen molar-refractivity contribution in [1.82, 2.24) is 0 Å². The van der Waals surface area contributed by atoms with Gasteiger partial charge >= 0.3 is 0 Å². The van der Waals surface area contributed by atoms with Crippen molar-refractivity contribution in [3.05, 3.63) is 29.8 Å². The molecule has 2 aliphatic heterocycles. The third kappa shape index (κ3) is 4.18. The van der Waals surface area contributed by atoms with Crippen molar-refractivity contribution in [3.63, 3.8) is 0 Å². The van der Waals surface area contributed by atoms with Crippen LogP contribution in [0.5, 0.6) is 0 Å². The Morgan fingerprint density at radius 3 is 2.41 bits per heavy atom. The molecule has 0 unspecified atom stereocenters. The molecule has 7 heteroatoms. The van der Waals surface area contributed by atoms with Crippen molar-refractivity contribution in [2.24, 2.45) is 52.3 Å². The molecule has 0 amide bonds. The topological polar surface area (TPSA) is 78.9 Å². The summed E-state index contributed by atoms with van der Waals surface area (Å²) in [5, 5.41) is 0. The maximum Gasteiger partial charge on any atom is 0.297 e. The van der Waals surface area contributed by atoms with Crippen LogP contribution in [0.15, 0.2) is 29.2 Å². The fraction of sp³-hybridized carbons (Fsp3) is 0.794. The second-order valence-corrected chi connectivity index (χ2v) is 16.9. The third-order valence-electron chi connectivity index (χ3n) is 13.3. The number of carbonyl (C=O) groups excluding carboxylic acids is 1. The summed E-state index contributed by atoms with van der Waals surface area (Å²) in [6, 6.07) is 6.90. The predicted octanol–water partition coefficient (Wildman–Crippen LogP) is 6.69. The zero-order valence-corrected chi connectivity index (χ0v) is 26.3. The molecule has 4 saturated carbocycles. The second-order valence-electron chi connectivity index (χ2n) is 15.3. The molecule has 1 aromatic rings. The first kappa shape index (κ1) is 28.5. The molecule has 0 bridgehead atoms. The highest BCUT2D eigenvalue weighted by Gasteiger charge is 2.71. The summed E-state index contributed by atoms with van der Waals surface area (Å²) in [4.78, 5) is 14.5. The van der Waals surface area contributed by atoms with E-state index in [0.29, 0.717) is 41.8 Å². The molecule has 2 saturated heterocycles. The van der Waals surface area contributed by atoms with E-state index in [2.05, 4.69) is 27.7 Å². The summed E-state index contributed by atoms with van der Waals surface area (Å²) in [5.74, 6) is 2.58. The van der Waals surface area contributed by atoms with Gasteiger partial charge in [-0.25, -0.2) is 0 Å². The minimum Gasteiger partial charge on any atom is -0.349 e. The first-order chi connectivity index (χ1) is 19.4. The maximum atomic E-state index is 14.3. The van der Waals surface area contributed by atoms with E-state index in [1.54, 1.807) is 12.1 Å². The average Bonchev–Trinajstić information content (AvgIpc) is 3.38. The van der Waals surface area contributed by atoms with Crippen molar-refractivity contribution < 1.29 is 26.9 Å². The summed E-state index contributed by atoms with van der Waals surface area (Å²) < 4.78 is 45.2. The van der Waals surface area contributed by atoms with Gasteiger partial charge in [0.1, 0.15) is 5.78 Å². The summed E-state index contributed by atoms with van der Waals surface area (Å²) in [6.45, 7) is 11.9. The number of benzene rings is 1. The lowest BCUT2D eigenvalue weighted by Crippen LogP contribution is -2.58. The Morgan fingerprint density at radius 2 is 1.71 bits per heavy atom. The molecule has 226 valence electrons. The number of hydrogen-bond acceptors (Lipinski definition) is 6. The molecule has 1 aromatic carbocycles. The molecule has 6 nitrogen and oxygen atoms in total. The summed E-state index contributed by atoms with van der Waals surface area (Å²) in [5.41, 5.74) is 0.726. The molecule has 41 heavy (non-hydrogen) atoms. The van der Waals surface area contributed by atoms with Crippen molar-refractivity contribution in [2.45, 2.75) is 115 Å². The number of aryl methyl sites for hydroxylation is 1. The van der Waals surface area contributed by atoms with Gasteiger partial charge < -0.3 is 9.47 Å². The van der Waals surface area contributed by atoms with Gasteiger partial charge in [-0.1, -0.05) is 45.4 Å². The van der Waals surface area contributed by atoms with Crippen LogP contribution in [0.2, 0.25) is 0 Å². The fourth-order valence-electron chi connectivity index (χ4n) is 10.9. The van der Waals surface area contributed by atoms with Crippen LogP contribution in [0.4, 0.5) is 0 Å². The van der Waals surface area contributed by atoms with Gasteiger partial charge in [-0.3, -0.25) is 8.98 Å². The van der Waals surface area contributed by atoms with Crippen molar-refractivity contribution in [2.75, 3.05) is 6.61 Å². The molecule has 2 heterocycles. The largest absolute Gasteiger partial charge is 0.349 e. The van der Waals surface area contributed by atoms with Crippen LogP contribution < -0.4 is 0 Å². The van der Waals surface area contributed by atoms with Gasteiger partial charge in [0.05, 0.1) is 23.7 Å². The Balaban J connectivity index is 1.08. The van der Waals surface area contributed by atoms with Gasteiger partial charge in [-0.2, -0.15) is 8.42 Å². The van der Waals surface area contributed by atoms with Gasteiger partial charge in [0.15, 0.2) is 5.79 Å². The zero-order chi connectivity index (χ0) is 28.9. The number of carbonyl (C=O) groups is 1. The number of fused-ring (bicyclic) bond motifs is 7. The highest BCUT2D eigenvalue weighted by atomic mass is 32.2. The average molecular weight is 585 g/mol. The van der Waals surface area contributed by atoms with Gasteiger partial charge in [0.2, 0.25) is 0 Å². The molecule has 4 aliphatic carbocycles. The molecule has 6 aliphatic rings. The lowest BCUT2D eigenvalue weighted by atomic mass is 9.44. The van der Waals surface area contributed by atoms with Crippen molar-refractivity contribution in [3.8, 4) is 0 Å². The fourth-order valence-corrected chi connectivity index (χ4v) is 12.1. The monoisotopic (exact) mass is 584 g/mol. The van der Waals surface area contributed by atoms with E-state index in [4.69, 9.17) is 13.7 Å². The predicted molar refractivity (Wildman–Crippen MR) is 155 cm³/mol. The van der Waals surface area contributed by atoms with E-state index >= 15 is 0 Å². The van der Waals surface area contributed by atoms with Crippen LogP contribution in [0.25, 0.3) is 0 Å². The number of ketones is 1. The van der Waals surface area contributed by atoms with Gasteiger partial charge in [-0.15, -0.1) is 0 Å². The highest BCUT2D eigenvalue weighted by molar-refractivity contribution is 7.86. The van der Waals surface area contributed by atoms with E-state index in [1.165, 1.54) is 0 Å². The molecule has 1 spiro atoms. The van der Waals surface area contributed by atoms with Gasteiger partial charge in [0.25, 0.3) is 10.1 Å². The number of ether oxygens (including phenoxy) is 2. The second kappa shape index (κ2) is 9.61. The molecule has 0 aromatic heterocycles. The lowest BCUT2D eigenvalue weighted by molar-refractivity contribution is -0.272. The Bertz CT molecular complexity index is 1300. The first-order valence-corrected chi connectivity index (χ1v) is 17.6. The number of Topliss-reactive ketones (excluding diaryl/α,β-unsaturated/α-hetero) is 1. The summed E-state index contributed by atoms with van der Waals surface area (Å²) in [6.07, 6.45) is 8.09. The molecular weight excluding hydrogens is 536 g/mol. The summed E-state index contributed by atoms with van der Waals surface area (Å²) >= 11 is 0. The van der Waals surface area contributed by atoms with Crippen molar-refractivity contribution >= 4 is 15.9 Å². The van der Waals surface area contributed by atoms with E-state index < -0.39 is 15.9 Å². The van der Waals surface area contributed by atoms with Crippen molar-refractivity contribution in [1.29, 1.82) is 0 Å². The third-order valence-corrected chi connectivity index (χ3v) is 14.7. The van der Waals surface area contributed by atoms with Crippen LogP contribution in [0.1, 0.15) is 91.0 Å². The highest BCUT2D eigenvalue weighted by Crippen LogP contribution is 2.70. The molecule has 12 atom stereocenters. The van der Waals surface area contributed by atoms with Crippen LogP contribution in [0.3, 0.4) is 0 Å². The Kier molecular flexibility index (Phi) is 6.68. The normalized spacial score (nSPS) is 49.3. The standard InChI is InChI=1S/C34H48O6S/c1-20-6-9-25(10-7-20)41(36,37)40-24-13-14-32(4)23(16-24)8-11-26-27(32)18-30(35)33(5)28(26)17-29-31(33)22(3)34(39-29)15-12-21(2)19-38-34/h6-7,9-10,21-24,26-29,31H,8,11-19H2,1-5H3/t21-,22-,23-,24+,26+,27+,28+,29-,31+,32-,33-,34+/m0/s1. The maximum absolute atomic E-state index is 14.3. The lowest BCUT2D eigenvalue weighted by Gasteiger charge is -2.60. The zero-order valence-electron chi connectivity index (χ0n) is 25.4. The minimum absolute atomic E-state index is 0.0431. The van der Waals surface area contributed by atoms with Crippen LogP contribution in [0, 0.1) is 59.2 Å². The number of rotatable bonds is 3. The quantitative estimate of drug-likeness (QED) is 0.368. The van der Waals surface area contributed by atoms with Crippen LogP contribution in [-0.2, 0) is 28.6 Å². The minimum atomic E-state index is -3.79. The summed E-state index contributed by atoms with van der Waals surface area (Å²) in [7, 11) is -3.79. The molecule has 7 rings (SSSR count). The molecule has 0 N–H and O–H groups in total. The van der Waals surface area contributed by atoms with E-state index in [1.807, 2.05) is 19.1 Å². The Labute approximate surface area is 246 Å². The molecular formula is C34H48O6S. The van der Waals surface area contributed by atoms with E-state index in [0.717, 1.165) is 63.5 Å². The van der Waals surface area contributed by atoms with Gasteiger partial charge in [-0.05, 0) is 99.0 Å². The number of hydrogen-bond donors (Lipinski definition) is 0. The smallest absolute Gasteiger partial charge is 0.297 e. The van der Waals surface area contributed by atoms with E-state index in [9.17, 15) is 13.2 Å². The van der Waals surface area contributed by atoms with Crippen LogP contribution in [-0.4, -0.2) is 38.8 Å². The first-order valence-electron chi connectivity index (χ1n) is 16.2. The Hall–Kier alpha value is -1.28. The molecule has 6 fully saturated rings. The van der Waals surface area contributed by atoms with Crippen LogP contribution >= 0.6 is 0 Å². The SMILES string of the molecule is Cc1ccc(S(=O)(=O)O[C@@H]2CC[C@@]3(C)[C@@H](CC[C@@H]4[C@H]3CC(=O)[C@@]3(C)[C@H]5[C@H](C[C@H]43)O[C@]3(CC[C@H](C)CO3)[C@H]5C)C2)cc1. The van der Waals surface area contributed by atoms with Gasteiger partial charge in [0, 0.05) is 30.1 Å². The van der Waals surface area contributed by atoms with E-state index in [-0.39, 0.29) is 39.8 Å². The Morgan fingerprint density at radius 1 is 0.951 bits per heavy atom. The molecule has 0 radical (unpaired) electrons.